The van der Waals surface area contributed by atoms with Crippen molar-refractivity contribution in [2.24, 2.45) is 0 Å². The summed E-state index contributed by atoms with van der Waals surface area (Å²) in [7, 11) is 0. The summed E-state index contributed by atoms with van der Waals surface area (Å²) >= 11 is 0. The number of hydrogen-bond donors (Lipinski definition) is 0. The molecule has 28 heavy (non-hydrogen) atoms. The first kappa shape index (κ1) is 19.4. The van der Waals surface area contributed by atoms with E-state index in [1.165, 1.54) is 25.3 Å². The standard InChI is InChI=1S/C21H20O7/c1-4-6-13-9-14-19(10-18(13)27-12(3)22)26-11-15(20(14)23)16-7-8-17(28-16)21(24)25-5-2/h7-11H,4-6H2,1-3H3. The summed E-state index contributed by atoms with van der Waals surface area (Å²) in [6, 6.07) is 6.18. The van der Waals surface area contributed by atoms with Crippen molar-refractivity contribution >= 4 is 22.9 Å². The number of hydrogen-bond acceptors (Lipinski definition) is 7. The van der Waals surface area contributed by atoms with Gasteiger partial charge in [-0.1, -0.05) is 13.3 Å². The Morgan fingerprint density at radius 2 is 1.93 bits per heavy atom. The van der Waals surface area contributed by atoms with E-state index in [9.17, 15) is 14.4 Å². The highest BCUT2D eigenvalue weighted by molar-refractivity contribution is 5.88. The minimum Gasteiger partial charge on any atom is -0.463 e. The van der Waals surface area contributed by atoms with Crippen LogP contribution in [0.3, 0.4) is 0 Å². The van der Waals surface area contributed by atoms with Crippen molar-refractivity contribution in [1.82, 2.24) is 0 Å². The van der Waals surface area contributed by atoms with Crippen LogP contribution in [-0.2, 0) is 16.0 Å². The zero-order valence-corrected chi connectivity index (χ0v) is 15.9. The molecule has 7 heteroatoms. The van der Waals surface area contributed by atoms with E-state index in [1.807, 2.05) is 6.92 Å². The van der Waals surface area contributed by atoms with E-state index in [0.29, 0.717) is 23.1 Å². The second-order valence-corrected chi connectivity index (χ2v) is 6.16. The Labute approximate surface area is 160 Å². The van der Waals surface area contributed by atoms with Gasteiger partial charge in [0.15, 0.2) is 0 Å². The molecule has 0 bridgehead atoms. The minimum absolute atomic E-state index is 0.00762. The summed E-state index contributed by atoms with van der Waals surface area (Å²) in [5.74, 6) is -0.457. The van der Waals surface area contributed by atoms with Crippen molar-refractivity contribution in [2.45, 2.75) is 33.6 Å². The van der Waals surface area contributed by atoms with Crippen LogP contribution in [-0.4, -0.2) is 18.5 Å². The van der Waals surface area contributed by atoms with E-state index in [1.54, 1.807) is 19.1 Å². The number of rotatable bonds is 6. The average molecular weight is 384 g/mol. The third-order valence-corrected chi connectivity index (χ3v) is 4.08. The van der Waals surface area contributed by atoms with Gasteiger partial charge in [0, 0.05) is 13.0 Å². The molecule has 3 aromatic rings. The molecular weight excluding hydrogens is 364 g/mol. The topological polar surface area (TPSA) is 96.0 Å². The highest BCUT2D eigenvalue weighted by Crippen LogP contribution is 2.28. The molecule has 2 aromatic heterocycles. The quantitative estimate of drug-likeness (QED) is 0.466. The number of furan rings is 1. The first-order chi connectivity index (χ1) is 13.4. The molecule has 0 N–H and O–H groups in total. The lowest BCUT2D eigenvalue weighted by Gasteiger charge is -2.10. The molecule has 0 fully saturated rings. The van der Waals surface area contributed by atoms with Crippen LogP contribution in [0.15, 0.2) is 44.2 Å². The molecule has 1 aromatic carbocycles. The number of benzene rings is 1. The molecule has 7 nitrogen and oxygen atoms in total. The van der Waals surface area contributed by atoms with Crippen LogP contribution < -0.4 is 10.2 Å². The van der Waals surface area contributed by atoms with Gasteiger partial charge in [0.25, 0.3) is 0 Å². The van der Waals surface area contributed by atoms with Crippen LogP contribution in [0, 0.1) is 0 Å². The first-order valence-corrected chi connectivity index (χ1v) is 8.98. The van der Waals surface area contributed by atoms with Crippen LogP contribution in [0.1, 0.15) is 43.3 Å². The normalized spacial score (nSPS) is 10.8. The van der Waals surface area contributed by atoms with Crippen molar-refractivity contribution in [2.75, 3.05) is 6.61 Å². The summed E-state index contributed by atoms with van der Waals surface area (Å²) in [5.41, 5.74) is 0.909. The molecule has 0 saturated heterocycles. The molecule has 0 atom stereocenters. The van der Waals surface area contributed by atoms with E-state index in [0.717, 1.165) is 12.0 Å². The second kappa shape index (κ2) is 8.12. The zero-order valence-electron chi connectivity index (χ0n) is 15.9. The van der Waals surface area contributed by atoms with Crippen LogP contribution in [0.25, 0.3) is 22.3 Å². The Kier molecular flexibility index (Phi) is 5.63. The highest BCUT2D eigenvalue weighted by Gasteiger charge is 2.18. The fraction of sp³-hybridized carbons (Fsp3) is 0.286. The summed E-state index contributed by atoms with van der Waals surface area (Å²) in [6.45, 7) is 5.22. The van der Waals surface area contributed by atoms with E-state index in [4.69, 9.17) is 18.3 Å². The lowest BCUT2D eigenvalue weighted by molar-refractivity contribution is -0.131. The molecule has 146 valence electrons. The Morgan fingerprint density at radius 3 is 2.61 bits per heavy atom. The summed E-state index contributed by atoms with van der Waals surface area (Å²) < 4.78 is 21.2. The molecule has 2 heterocycles. The molecular formula is C21H20O7. The van der Waals surface area contributed by atoms with Gasteiger partial charge in [-0.25, -0.2) is 4.79 Å². The monoisotopic (exact) mass is 384 g/mol. The molecule has 0 aliphatic carbocycles. The maximum absolute atomic E-state index is 13.0. The fourth-order valence-electron chi connectivity index (χ4n) is 2.88. The van der Waals surface area contributed by atoms with E-state index < -0.39 is 11.9 Å². The predicted octanol–water partition coefficient (Wildman–Crippen LogP) is 4.11. The van der Waals surface area contributed by atoms with Crippen LogP contribution in [0.5, 0.6) is 5.75 Å². The predicted molar refractivity (Wildman–Crippen MR) is 101 cm³/mol. The number of fused-ring (bicyclic) bond motifs is 1. The van der Waals surface area contributed by atoms with Gasteiger partial charge in [-0.2, -0.15) is 0 Å². The van der Waals surface area contributed by atoms with Crippen LogP contribution in [0.2, 0.25) is 0 Å². The summed E-state index contributed by atoms with van der Waals surface area (Å²) in [4.78, 5) is 36.1. The van der Waals surface area contributed by atoms with Crippen molar-refractivity contribution < 1.29 is 27.9 Å². The first-order valence-electron chi connectivity index (χ1n) is 8.98. The summed E-state index contributed by atoms with van der Waals surface area (Å²) in [6.07, 6.45) is 2.71. The van der Waals surface area contributed by atoms with Crippen molar-refractivity contribution in [3.8, 4) is 17.1 Å². The summed E-state index contributed by atoms with van der Waals surface area (Å²) in [5, 5.41) is 0.339. The lowest BCUT2D eigenvalue weighted by atomic mass is 10.0. The molecule has 0 saturated carbocycles. The van der Waals surface area contributed by atoms with Crippen LogP contribution >= 0.6 is 0 Å². The Morgan fingerprint density at radius 1 is 1.14 bits per heavy atom. The largest absolute Gasteiger partial charge is 0.463 e. The van der Waals surface area contributed by atoms with Gasteiger partial charge >= 0.3 is 11.9 Å². The number of carbonyl (C=O) groups excluding carboxylic acids is 2. The fourth-order valence-corrected chi connectivity index (χ4v) is 2.88. The van der Waals surface area contributed by atoms with Gasteiger partial charge in [0.1, 0.15) is 28.9 Å². The molecule has 3 rings (SSSR count). The molecule has 0 unspecified atom stereocenters. The molecule has 0 radical (unpaired) electrons. The third kappa shape index (κ3) is 3.83. The maximum Gasteiger partial charge on any atom is 0.374 e. The second-order valence-electron chi connectivity index (χ2n) is 6.16. The number of aryl methyl sites for hydroxylation is 1. The smallest absolute Gasteiger partial charge is 0.374 e. The van der Waals surface area contributed by atoms with Gasteiger partial charge in [-0.3, -0.25) is 9.59 Å². The van der Waals surface area contributed by atoms with Gasteiger partial charge in [0.05, 0.1) is 12.0 Å². The maximum atomic E-state index is 13.0. The van der Waals surface area contributed by atoms with E-state index in [-0.39, 0.29) is 29.1 Å². The van der Waals surface area contributed by atoms with E-state index in [2.05, 4.69) is 0 Å². The SMILES string of the molecule is CCCc1cc2c(=O)c(-c3ccc(C(=O)OCC)o3)coc2cc1OC(C)=O. The Bertz CT molecular complexity index is 1090. The minimum atomic E-state index is -0.602. The van der Waals surface area contributed by atoms with Crippen LogP contribution in [0.4, 0.5) is 0 Å². The Balaban J connectivity index is 2.09. The molecule has 0 amide bonds. The van der Waals surface area contributed by atoms with Gasteiger partial charge in [0.2, 0.25) is 11.2 Å². The number of ether oxygens (including phenoxy) is 2. The molecule has 0 spiro atoms. The number of carbonyl (C=O) groups is 2. The third-order valence-electron chi connectivity index (χ3n) is 4.08. The van der Waals surface area contributed by atoms with Gasteiger partial charge in [-0.05, 0) is 37.1 Å². The van der Waals surface area contributed by atoms with Crippen molar-refractivity contribution in [1.29, 1.82) is 0 Å². The molecule has 0 aliphatic rings. The van der Waals surface area contributed by atoms with Gasteiger partial charge in [-0.15, -0.1) is 0 Å². The average Bonchev–Trinajstić information content (AvgIpc) is 3.13. The van der Waals surface area contributed by atoms with Crippen molar-refractivity contribution in [3.63, 3.8) is 0 Å². The lowest BCUT2D eigenvalue weighted by Crippen LogP contribution is -2.08. The Hall–Kier alpha value is -3.35. The van der Waals surface area contributed by atoms with Crippen molar-refractivity contribution in [3.05, 3.63) is 52.1 Å². The highest BCUT2D eigenvalue weighted by atomic mass is 16.5. The van der Waals surface area contributed by atoms with Gasteiger partial charge < -0.3 is 18.3 Å². The number of esters is 2. The molecule has 0 aliphatic heterocycles. The zero-order chi connectivity index (χ0) is 20.3. The van der Waals surface area contributed by atoms with E-state index >= 15 is 0 Å².